The normalized spacial score (nSPS) is 10.3. The maximum atomic E-state index is 12.6. The average molecular weight is 207 g/mol. The van der Waals surface area contributed by atoms with Crippen LogP contribution in [0.4, 0.5) is 13.2 Å². The summed E-state index contributed by atoms with van der Waals surface area (Å²) in [4.78, 5) is 13.3. The van der Waals surface area contributed by atoms with Crippen LogP contribution < -0.4 is 4.74 Å². The molecule has 1 N–H and O–H groups in total. The van der Waals surface area contributed by atoms with Gasteiger partial charge in [-0.2, -0.15) is 13.2 Å². The Bertz CT molecular complexity index is 356. The maximum absolute atomic E-state index is 12.6. The molecular weight excluding hydrogens is 203 g/mol. The molecule has 0 saturated carbocycles. The van der Waals surface area contributed by atoms with E-state index in [-0.39, 0.29) is 0 Å². The van der Waals surface area contributed by atoms with E-state index in [1.165, 1.54) is 0 Å². The van der Waals surface area contributed by atoms with Gasteiger partial charge in [0.25, 0.3) is 0 Å². The number of hydrogen-bond acceptors (Lipinski definition) is 3. The number of aromatic nitrogens is 1. The highest BCUT2D eigenvalue weighted by atomic mass is 19.3. The van der Waals surface area contributed by atoms with Crippen LogP contribution in [0.3, 0.4) is 0 Å². The van der Waals surface area contributed by atoms with Gasteiger partial charge in [0.05, 0.1) is 6.20 Å². The number of carboxylic acids is 1. The fourth-order valence-corrected chi connectivity index (χ4v) is 0.746. The molecule has 0 fully saturated rings. The molecule has 0 radical (unpaired) electrons. The van der Waals surface area contributed by atoms with Gasteiger partial charge in [0.15, 0.2) is 0 Å². The molecule has 7 heteroatoms. The molecule has 1 rings (SSSR count). The third kappa shape index (κ3) is 2.35. The van der Waals surface area contributed by atoms with Gasteiger partial charge in [-0.1, -0.05) is 0 Å². The quantitative estimate of drug-likeness (QED) is 0.763. The van der Waals surface area contributed by atoms with Crippen molar-refractivity contribution in [3.05, 3.63) is 23.8 Å². The van der Waals surface area contributed by atoms with Crippen molar-refractivity contribution in [1.29, 1.82) is 0 Å². The first kappa shape index (κ1) is 10.3. The fraction of sp³-hybridized carbons (Fsp3) is 0.143. The Morgan fingerprint density at radius 1 is 1.57 bits per heavy atom. The number of rotatable bonds is 3. The second-order valence-corrected chi connectivity index (χ2v) is 2.19. The maximum Gasteiger partial charge on any atom is 0.387 e. The molecule has 76 valence electrons. The Hall–Kier alpha value is -1.79. The zero-order valence-corrected chi connectivity index (χ0v) is 6.58. The Morgan fingerprint density at radius 2 is 2.21 bits per heavy atom. The van der Waals surface area contributed by atoms with Crippen molar-refractivity contribution in [2.24, 2.45) is 0 Å². The SMILES string of the molecule is O=C(O)c1cc(OC(F)F)cnc1F. The fourth-order valence-electron chi connectivity index (χ4n) is 0.746. The lowest BCUT2D eigenvalue weighted by atomic mass is 10.3. The molecule has 0 unspecified atom stereocenters. The minimum absolute atomic E-state index is 0.501. The second-order valence-electron chi connectivity index (χ2n) is 2.19. The van der Waals surface area contributed by atoms with Crippen molar-refractivity contribution in [3.8, 4) is 5.75 Å². The summed E-state index contributed by atoms with van der Waals surface area (Å²) in [6.45, 7) is -3.11. The summed E-state index contributed by atoms with van der Waals surface area (Å²) in [5.74, 6) is -3.35. The molecule has 4 nitrogen and oxygen atoms in total. The molecule has 0 aromatic carbocycles. The van der Waals surface area contributed by atoms with E-state index in [0.717, 1.165) is 0 Å². The van der Waals surface area contributed by atoms with Crippen LogP contribution in [0.5, 0.6) is 5.75 Å². The molecule has 1 heterocycles. The highest BCUT2D eigenvalue weighted by molar-refractivity contribution is 5.87. The third-order valence-corrected chi connectivity index (χ3v) is 1.27. The van der Waals surface area contributed by atoms with Crippen molar-refractivity contribution in [3.63, 3.8) is 0 Å². The summed E-state index contributed by atoms with van der Waals surface area (Å²) in [6, 6.07) is 0.636. The van der Waals surface area contributed by atoms with Gasteiger partial charge in [0.2, 0.25) is 5.95 Å². The zero-order valence-electron chi connectivity index (χ0n) is 6.58. The van der Waals surface area contributed by atoms with Crippen LogP contribution in [0.2, 0.25) is 0 Å². The Kier molecular flexibility index (Phi) is 2.90. The Balaban J connectivity index is 3.00. The molecule has 1 aromatic rings. The van der Waals surface area contributed by atoms with Crippen LogP contribution in [0.1, 0.15) is 10.4 Å². The topological polar surface area (TPSA) is 59.4 Å². The third-order valence-electron chi connectivity index (χ3n) is 1.27. The smallest absolute Gasteiger partial charge is 0.387 e. The monoisotopic (exact) mass is 207 g/mol. The predicted octanol–water partition coefficient (Wildman–Crippen LogP) is 1.52. The number of carboxylic acid groups (broad SMARTS) is 1. The number of nitrogens with zero attached hydrogens (tertiary/aromatic N) is 1. The highest BCUT2D eigenvalue weighted by Gasteiger charge is 2.14. The molecule has 0 aliphatic carbocycles. The summed E-state index contributed by atoms with van der Waals surface area (Å²) in [7, 11) is 0. The van der Waals surface area contributed by atoms with Gasteiger partial charge < -0.3 is 9.84 Å². The van der Waals surface area contributed by atoms with E-state index in [0.29, 0.717) is 12.3 Å². The first-order valence-corrected chi connectivity index (χ1v) is 3.34. The van der Waals surface area contributed by atoms with Crippen LogP contribution in [-0.2, 0) is 0 Å². The van der Waals surface area contributed by atoms with Gasteiger partial charge in [-0.05, 0) is 0 Å². The van der Waals surface area contributed by atoms with E-state index in [1.54, 1.807) is 0 Å². The minimum atomic E-state index is -3.11. The lowest BCUT2D eigenvalue weighted by Crippen LogP contribution is -2.07. The van der Waals surface area contributed by atoms with Crippen molar-refractivity contribution in [2.75, 3.05) is 0 Å². The largest absolute Gasteiger partial charge is 0.478 e. The zero-order chi connectivity index (χ0) is 10.7. The van der Waals surface area contributed by atoms with Crippen molar-refractivity contribution in [1.82, 2.24) is 4.98 Å². The highest BCUT2D eigenvalue weighted by Crippen LogP contribution is 2.16. The standard InChI is InChI=1S/C7H4F3NO3/c8-5-4(6(12)13)1-3(2-11-5)14-7(9)10/h1-2,7H,(H,12,13). The number of aromatic carboxylic acids is 1. The molecule has 0 bridgehead atoms. The first-order chi connectivity index (χ1) is 6.50. The lowest BCUT2D eigenvalue weighted by Gasteiger charge is -2.04. The number of alkyl halides is 2. The van der Waals surface area contributed by atoms with Crippen LogP contribution >= 0.6 is 0 Å². The molecule has 14 heavy (non-hydrogen) atoms. The minimum Gasteiger partial charge on any atom is -0.478 e. The summed E-state index contributed by atoms with van der Waals surface area (Å²) in [5, 5.41) is 8.40. The lowest BCUT2D eigenvalue weighted by molar-refractivity contribution is -0.0502. The predicted molar refractivity (Wildman–Crippen MR) is 37.8 cm³/mol. The Labute approximate surface area is 75.9 Å². The molecule has 0 aliphatic rings. The number of pyridine rings is 1. The molecular formula is C7H4F3NO3. The van der Waals surface area contributed by atoms with E-state index in [2.05, 4.69) is 9.72 Å². The molecule has 0 saturated heterocycles. The van der Waals surface area contributed by atoms with Crippen molar-refractivity contribution in [2.45, 2.75) is 6.61 Å². The van der Waals surface area contributed by atoms with Gasteiger partial charge in [0.1, 0.15) is 11.3 Å². The molecule has 1 aromatic heterocycles. The number of halogens is 3. The van der Waals surface area contributed by atoms with E-state index in [4.69, 9.17) is 5.11 Å². The molecule has 0 spiro atoms. The van der Waals surface area contributed by atoms with Gasteiger partial charge in [-0.15, -0.1) is 0 Å². The number of hydrogen-bond donors (Lipinski definition) is 1. The summed E-state index contributed by atoms with van der Waals surface area (Å²) >= 11 is 0. The van der Waals surface area contributed by atoms with E-state index < -0.39 is 29.8 Å². The number of carbonyl (C=O) groups is 1. The first-order valence-electron chi connectivity index (χ1n) is 3.34. The Morgan fingerprint density at radius 3 is 2.71 bits per heavy atom. The van der Waals surface area contributed by atoms with Crippen LogP contribution in [0.15, 0.2) is 12.3 Å². The summed E-state index contributed by atoms with van der Waals surface area (Å²) < 4.78 is 39.8. The van der Waals surface area contributed by atoms with Gasteiger partial charge >= 0.3 is 12.6 Å². The van der Waals surface area contributed by atoms with Gasteiger partial charge in [-0.25, -0.2) is 9.78 Å². The molecule has 0 aliphatic heterocycles. The molecule has 0 atom stereocenters. The van der Waals surface area contributed by atoms with Gasteiger partial charge in [-0.3, -0.25) is 0 Å². The van der Waals surface area contributed by atoms with E-state index in [9.17, 15) is 18.0 Å². The average Bonchev–Trinajstić information content (AvgIpc) is 2.07. The second kappa shape index (κ2) is 3.95. The van der Waals surface area contributed by atoms with E-state index in [1.807, 2.05) is 0 Å². The molecule has 0 amide bonds. The van der Waals surface area contributed by atoms with Crippen LogP contribution in [0.25, 0.3) is 0 Å². The summed E-state index contributed by atoms with van der Waals surface area (Å²) in [6.07, 6.45) is 0.675. The van der Waals surface area contributed by atoms with Crippen LogP contribution in [0, 0.1) is 5.95 Å². The van der Waals surface area contributed by atoms with Crippen molar-refractivity contribution >= 4 is 5.97 Å². The van der Waals surface area contributed by atoms with Crippen LogP contribution in [-0.4, -0.2) is 22.7 Å². The summed E-state index contributed by atoms with van der Waals surface area (Å²) in [5.41, 5.74) is -0.817. The number of ether oxygens (including phenoxy) is 1. The van der Waals surface area contributed by atoms with Gasteiger partial charge in [0, 0.05) is 6.07 Å². The van der Waals surface area contributed by atoms with Crippen molar-refractivity contribution < 1.29 is 27.8 Å². The van der Waals surface area contributed by atoms with E-state index >= 15 is 0 Å².